The Morgan fingerprint density at radius 1 is 0.903 bits per heavy atom. The summed E-state index contributed by atoms with van der Waals surface area (Å²) in [7, 11) is 0. The van der Waals surface area contributed by atoms with Crippen molar-refractivity contribution in [3.63, 3.8) is 0 Å². The van der Waals surface area contributed by atoms with Crippen molar-refractivity contribution in [1.82, 2.24) is 5.32 Å². The Labute approximate surface area is 191 Å². The molecule has 3 N–H and O–H groups in total. The van der Waals surface area contributed by atoms with Crippen molar-refractivity contribution in [2.75, 3.05) is 5.32 Å². The lowest BCUT2D eigenvalue weighted by Crippen LogP contribution is -2.31. The molecule has 0 fully saturated rings. The average molecular weight is 500 g/mol. The van der Waals surface area contributed by atoms with E-state index < -0.39 is 17.8 Å². The molecule has 0 atom stereocenters. The summed E-state index contributed by atoms with van der Waals surface area (Å²) in [4.78, 5) is 36.7. The number of aromatic carboxylic acids is 1. The Bertz CT molecular complexity index is 1160. The third-order valence-corrected chi connectivity index (χ3v) is 5.13. The van der Waals surface area contributed by atoms with Crippen LogP contribution >= 0.6 is 27.5 Å². The van der Waals surface area contributed by atoms with Crippen LogP contribution in [-0.4, -0.2) is 22.9 Å². The van der Waals surface area contributed by atoms with E-state index in [1.807, 2.05) is 0 Å². The first-order chi connectivity index (χ1) is 14.8. The summed E-state index contributed by atoms with van der Waals surface area (Å²) in [6.45, 7) is 0. The summed E-state index contributed by atoms with van der Waals surface area (Å²) >= 11 is 9.25. The molecule has 0 aliphatic carbocycles. The average Bonchev–Trinajstić information content (AvgIpc) is 2.75. The molecule has 0 radical (unpaired) electrons. The molecule has 0 bridgehead atoms. The minimum absolute atomic E-state index is 0.00499. The zero-order valence-corrected chi connectivity index (χ0v) is 18.3. The van der Waals surface area contributed by atoms with Gasteiger partial charge in [-0.05, 0) is 76.1 Å². The lowest BCUT2D eigenvalue weighted by Gasteiger charge is -2.12. The lowest BCUT2D eigenvalue weighted by atomic mass is 10.1. The molecule has 2 amide bonds. The molecule has 0 aliphatic rings. The highest BCUT2D eigenvalue weighted by atomic mass is 79.9. The minimum Gasteiger partial charge on any atom is -0.478 e. The van der Waals surface area contributed by atoms with Gasteiger partial charge in [0, 0.05) is 15.2 Å². The van der Waals surface area contributed by atoms with Gasteiger partial charge in [-0.25, -0.2) is 4.79 Å². The fraction of sp³-hybridized carbons (Fsp3) is 0. The molecular weight excluding hydrogens is 484 g/mol. The smallest absolute Gasteiger partial charge is 0.335 e. The highest BCUT2D eigenvalue weighted by molar-refractivity contribution is 9.10. The number of rotatable bonds is 6. The van der Waals surface area contributed by atoms with Crippen molar-refractivity contribution in [2.24, 2.45) is 0 Å². The van der Waals surface area contributed by atoms with E-state index in [4.69, 9.17) is 16.7 Å². The second-order valence-corrected chi connectivity index (χ2v) is 7.67. The number of hydrogen-bond donors (Lipinski definition) is 3. The number of halogens is 2. The van der Waals surface area contributed by atoms with Crippen LogP contribution < -0.4 is 10.6 Å². The first kappa shape index (κ1) is 22.3. The van der Waals surface area contributed by atoms with Gasteiger partial charge in [0.25, 0.3) is 11.8 Å². The zero-order chi connectivity index (χ0) is 22.4. The van der Waals surface area contributed by atoms with Gasteiger partial charge in [0.15, 0.2) is 0 Å². The van der Waals surface area contributed by atoms with Gasteiger partial charge in [-0.15, -0.1) is 0 Å². The second-order valence-electron chi connectivity index (χ2n) is 6.38. The third-order valence-electron chi connectivity index (χ3n) is 4.18. The van der Waals surface area contributed by atoms with Crippen molar-refractivity contribution in [1.29, 1.82) is 0 Å². The van der Waals surface area contributed by atoms with Crippen molar-refractivity contribution in [3.8, 4) is 0 Å². The molecule has 31 heavy (non-hydrogen) atoms. The fourth-order valence-electron chi connectivity index (χ4n) is 2.61. The molecule has 0 aliphatic heterocycles. The molecule has 0 aromatic heterocycles. The zero-order valence-electron chi connectivity index (χ0n) is 15.9. The van der Waals surface area contributed by atoms with E-state index in [0.29, 0.717) is 26.3 Å². The van der Waals surface area contributed by atoms with Crippen molar-refractivity contribution in [2.45, 2.75) is 0 Å². The maximum absolute atomic E-state index is 12.9. The van der Waals surface area contributed by atoms with Crippen LogP contribution in [0.1, 0.15) is 26.3 Å². The highest BCUT2D eigenvalue weighted by Gasteiger charge is 2.17. The predicted octanol–water partition coefficient (Wildman–Crippen LogP) is 5.21. The van der Waals surface area contributed by atoms with Gasteiger partial charge in [0.1, 0.15) is 5.70 Å². The molecule has 0 spiro atoms. The molecular formula is C23H16BrClN2O4. The Hall–Kier alpha value is -3.42. The molecule has 8 heteroatoms. The van der Waals surface area contributed by atoms with Crippen LogP contribution in [-0.2, 0) is 4.79 Å². The fourth-order valence-corrected chi connectivity index (χ4v) is 3.20. The Kier molecular flexibility index (Phi) is 7.23. The number of amides is 2. The molecule has 0 unspecified atom stereocenters. The maximum atomic E-state index is 12.9. The van der Waals surface area contributed by atoms with Gasteiger partial charge >= 0.3 is 5.97 Å². The summed E-state index contributed by atoms with van der Waals surface area (Å²) in [5.74, 6) is -2.11. The van der Waals surface area contributed by atoms with Gasteiger partial charge in [0.05, 0.1) is 11.1 Å². The van der Waals surface area contributed by atoms with Crippen LogP contribution in [0, 0.1) is 0 Å². The molecule has 3 aromatic carbocycles. The summed E-state index contributed by atoms with van der Waals surface area (Å²) in [5.41, 5.74) is 1.50. The number of hydrogen-bond acceptors (Lipinski definition) is 3. The van der Waals surface area contributed by atoms with E-state index >= 15 is 0 Å². The summed E-state index contributed by atoms with van der Waals surface area (Å²) in [6, 6.07) is 19.3. The molecule has 0 saturated carbocycles. The SMILES string of the molecule is O=C(Nc1ccc(C(=O)O)cc1)C(=Cc1ccc(Cl)cc1)NC(=O)c1ccccc1Br. The van der Waals surface area contributed by atoms with Gasteiger partial charge < -0.3 is 15.7 Å². The van der Waals surface area contributed by atoms with Crippen LogP contribution in [0.2, 0.25) is 5.02 Å². The molecule has 0 heterocycles. The summed E-state index contributed by atoms with van der Waals surface area (Å²) < 4.78 is 0.586. The number of benzene rings is 3. The van der Waals surface area contributed by atoms with Gasteiger partial charge in [-0.3, -0.25) is 9.59 Å². The number of carboxylic acid groups (broad SMARTS) is 1. The quantitative estimate of drug-likeness (QED) is 0.406. The monoisotopic (exact) mass is 498 g/mol. The van der Waals surface area contributed by atoms with Gasteiger partial charge in [-0.2, -0.15) is 0 Å². The number of carboxylic acids is 1. The van der Waals surface area contributed by atoms with Crippen LogP contribution in [0.5, 0.6) is 0 Å². The van der Waals surface area contributed by atoms with Crippen molar-refractivity contribution in [3.05, 3.63) is 105 Å². The van der Waals surface area contributed by atoms with Crippen LogP contribution in [0.25, 0.3) is 6.08 Å². The lowest BCUT2D eigenvalue weighted by molar-refractivity contribution is -0.113. The first-order valence-corrected chi connectivity index (χ1v) is 10.2. The third kappa shape index (κ3) is 6.04. The van der Waals surface area contributed by atoms with Crippen LogP contribution in [0.3, 0.4) is 0 Å². The summed E-state index contributed by atoms with van der Waals surface area (Å²) in [6.07, 6.45) is 1.52. The first-order valence-electron chi connectivity index (χ1n) is 9.01. The van der Waals surface area contributed by atoms with E-state index in [-0.39, 0.29) is 11.3 Å². The number of anilines is 1. The largest absolute Gasteiger partial charge is 0.478 e. The van der Waals surface area contributed by atoms with E-state index in [0.717, 1.165) is 0 Å². The van der Waals surface area contributed by atoms with Crippen LogP contribution in [0.15, 0.2) is 83.0 Å². The van der Waals surface area contributed by atoms with Gasteiger partial charge in [-0.1, -0.05) is 35.9 Å². The van der Waals surface area contributed by atoms with Crippen LogP contribution in [0.4, 0.5) is 5.69 Å². The van der Waals surface area contributed by atoms with E-state index in [9.17, 15) is 14.4 Å². The molecule has 3 aromatic rings. The molecule has 6 nitrogen and oxygen atoms in total. The molecule has 0 saturated heterocycles. The predicted molar refractivity (Wildman–Crippen MR) is 123 cm³/mol. The second kappa shape index (κ2) is 10.1. The number of carbonyl (C=O) groups excluding carboxylic acids is 2. The van der Waals surface area contributed by atoms with Crippen molar-refractivity contribution >= 4 is 57.1 Å². The minimum atomic E-state index is -1.07. The highest BCUT2D eigenvalue weighted by Crippen LogP contribution is 2.18. The standard InChI is InChI=1S/C23H16BrClN2O4/c24-19-4-2-1-3-18(19)21(28)27-20(13-14-5-9-16(25)10-6-14)22(29)26-17-11-7-15(8-12-17)23(30)31/h1-13H,(H,26,29)(H,27,28)(H,30,31). The Balaban J connectivity index is 1.88. The maximum Gasteiger partial charge on any atom is 0.335 e. The summed E-state index contributed by atoms with van der Waals surface area (Å²) in [5, 5.41) is 14.8. The van der Waals surface area contributed by atoms with E-state index in [1.165, 1.54) is 30.3 Å². The molecule has 3 rings (SSSR count). The number of nitrogens with one attached hydrogen (secondary N) is 2. The van der Waals surface area contributed by atoms with E-state index in [1.54, 1.807) is 48.5 Å². The van der Waals surface area contributed by atoms with E-state index in [2.05, 4.69) is 26.6 Å². The topological polar surface area (TPSA) is 95.5 Å². The van der Waals surface area contributed by atoms with Crippen molar-refractivity contribution < 1.29 is 19.5 Å². The Morgan fingerprint density at radius 3 is 2.16 bits per heavy atom. The molecule has 156 valence electrons. The van der Waals surface area contributed by atoms with Gasteiger partial charge in [0.2, 0.25) is 0 Å². The Morgan fingerprint density at radius 2 is 1.55 bits per heavy atom. The normalized spacial score (nSPS) is 11.0. The number of carbonyl (C=O) groups is 3.